The Hall–Kier alpha value is -1.83. The fraction of sp³-hybridized carbons (Fsp3) is 0.0833. The second-order valence-corrected chi connectivity index (χ2v) is 3.16. The molecule has 2 aromatic rings. The first kappa shape index (κ1) is 8.75. The fourth-order valence-electron chi connectivity index (χ4n) is 1.47. The van der Waals surface area contributed by atoms with Crippen molar-refractivity contribution in [2.75, 3.05) is 0 Å². The van der Waals surface area contributed by atoms with Crippen LogP contribution in [0.4, 0.5) is 0 Å². The maximum Gasteiger partial charge on any atom is 0.278 e. The maximum absolute atomic E-state index is 3.75. The van der Waals surface area contributed by atoms with E-state index in [1.165, 1.54) is 5.56 Å². The van der Waals surface area contributed by atoms with Crippen LogP contribution in [-0.2, 0) is 6.54 Å². The van der Waals surface area contributed by atoms with Gasteiger partial charge in [0, 0.05) is 6.08 Å². The van der Waals surface area contributed by atoms with Crippen LogP contribution in [0.1, 0.15) is 11.4 Å². The van der Waals surface area contributed by atoms with Crippen molar-refractivity contribution >= 4 is 6.08 Å². The fourth-order valence-corrected chi connectivity index (χ4v) is 1.47. The third kappa shape index (κ3) is 1.74. The van der Waals surface area contributed by atoms with Crippen molar-refractivity contribution in [3.8, 4) is 0 Å². The van der Waals surface area contributed by atoms with Gasteiger partial charge in [-0.3, -0.25) is 0 Å². The van der Waals surface area contributed by atoms with Gasteiger partial charge in [-0.05, 0) is 5.56 Å². The molecule has 0 spiro atoms. The van der Waals surface area contributed by atoms with Crippen molar-refractivity contribution in [1.82, 2.24) is 4.98 Å². The minimum Gasteiger partial charge on any atom is -0.244 e. The molecule has 1 heterocycles. The molecule has 0 radical (unpaired) electrons. The number of hydrogen-bond donors (Lipinski definition) is 1. The van der Waals surface area contributed by atoms with Crippen LogP contribution in [0, 0.1) is 0 Å². The topological polar surface area (TPSA) is 19.7 Å². The van der Waals surface area contributed by atoms with Crippen LogP contribution >= 0.6 is 0 Å². The smallest absolute Gasteiger partial charge is 0.244 e. The van der Waals surface area contributed by atoms with Crippen LogP contribution in [0.2, 0.25) is 0 Å². The molecule has 0 amide bonds. The predicted octanol–water partition coefficient (Wildman–Crippen LogP) is 1.99. The number of benzene rings is 1. The molecule has 0 aliphatic rings. The van der Waals surface area contributed by atoms with Gasteiger partial charge in [-0.2, -0.15) is 0 Å². The van der Waals surface area contributed by atoms with Crippen LogP contribution < -0.4 is 4.57 Å². The highest BCUT2D eigenvalue weighted by Gasteiger charge is 2.05. The van der Waals surface area contributed by atoms with Crippen molar-refractivity contribution < 1.29 is 4.57 Å². The number of nitrogens with zero attached hydrogens (tertiary/aromatic N) is 1. The first-order valence-corrected chi connectivity index (χ1v) is 4.63. The van der Waals surface area contributed by atoms with Crippen LogP contribution in [0.3, 0.4) is 0 Å². The van der Waals surface area contributed by atoms with Crippen LogP contribution in [0.15, 0.2) is 49.3 Å². The normalized spacial score (nSPS) is 10.0. The summed E-state index contributed by atoms with van der Waals surface area (Å²) in [6, 6.07) is 10.4. The number of nitrogens with one attached hydrogen (secondary N) is 1. The average molecular weight is 185 g/mol. The van der Waals surface area contributed by atoms with Gasteiger partial charge in [-0.1, -0.05) is 36.9 Å². The van der Waals surface area contributed by atoms with Gasteiger partial charge < -0.3 is 0 Å². The molecule has 0 saturated heterocycles. The summed E-state index contributed by atoms with van der Waals surface area (Å²) in [7, 11) is 0. The summed E-state index contributed by atoms with van der Waals surface area (Å²) >= 11 is 0. The van der Waals surface area contributed by atoms with Gasteiger partial charge in [0.2, 0.25) is 0 Å². The van der Waals surface area contributed by atoms with Crippen molar-refractivity contribution in [2.45, 2.75) is 6.54 Å². The Morgan fingerprint density at radius 2 is 2.07 bits per heavy atom. The Labute approximate surface area is 83.5 Å². The summed E-state index contributed by atoms with van der Waals surface area (Å²) in [6.07, 6.45) is 5.76. The van der Waals surface area contributed by atoms with E-state index in [0.717, 1.165) is 12.4 Å². The lowest BCUT2D eigenvalue weighted by atomic mass is 10.2. The molecule has 70 valence electrons. The van der Waals surface area contributed by atoms with Crippen molar-refractivity contribution in [1.29, 1.82) is 0 Å². The quantitative estimate of drug-likeness (QED) is 0.706. The van der Waals surface area contributed by atoms with E-state index >= 15 is 0 Å². The van der Waals surface area contributed by atoms with Gasteiger partial charge in [0.05, 0.1) is 0 Å². The van der Waals surface area contributed by atoms with Gasteiger partial charge in [0.25, 0.3) is 5.82 Å². The van der Waals surface area contributed by atoms with Crippen molar-refractivity contribution in [3.05, 3.63) is 60.7 Å². The van der Waals surface area contributed by atoms with E-state index in [9.17, 15) is 0 Å². The second kappa shape index (κ2) is 3.92. The van der Waals surface area contributed by atoms with Crippen LogP contribution in [0.5, 0.6) is 0 Å². The van der Waals surface area contributed by atoms with Crippen LogP contribution in [-0.4, -0.2) is 4.98 Å². The third-order valence-corrected chi connectivity index (χ3v) is 2.18. The summed E-state index contributed by atoms with van der Waals surface area (Å²) in [4.78, 5) is 3.12. The highest BCUT2D eigenvalue weighted by atomic mass is 15.0. The summed E-state index contributed by atoms with van der Waals surface area (Å²) in [5.41, 5.74) is 1.29. The molecule has 0 aliphatic carbocycles. The first-order chi connectivity index (χ1) is 6.90. The molecule has 0 atom stereocenters. The van der Waals surface area contributed by atoms with E-state index < -0.39 is 0 Å². The molecular formula is C12H13N2+. The van der Waals surface area contributed by atoms with Gasteiger partial charge in [0.15, 0.2) is 0 Å². The number of hydrogen-bond acceptors (Lipinski definition) is 0. The number of aromatic nitrogens is 2. The molecule has 0 unspecified atom stereocenters. The Balaban J connectivity index is 2.23. The second-order valence-electron chi connectivity index (χ2n) is 3.16. The lowest BCUT2D eigenvalue weighted by Gasteiger charge is -1.98. The van der Waals surface area contributed by atoms with Gasteiger partial charge in [-0.25, -0.2) is 9.55 Å². The zero-order valence-corrected chi connectivity index (χ0v) is 7.98. The molecule has 2 nitrogen and oxygen atoms in total. The molecule has 0 bridgehead atoms. The first-order valence-electron chi connectivity index (χ1n) is 4.63. The Kier molecular flexibility index (Phi) is 2.45. The van der Waals surface area contributed by atoms with Crippen LogP contribution in [0.25, 0.3) is 6.08 Å². The minimum absolute atomic E-state index is 0.881. The number of aromatic amines is 1. The molecule has 0 aliphatic heterocycles. The molecule has 1 aromatic heterocycles. The lowest BCUT2D eigenvalue weighted by molar-refractivity contribution is -0.688. The van der Waals surface area contributed by atoms with E-state index in [-0.39, 0.29) is 0 Å². The zero-order valence-electron chi connectivity index (χ0n) is 7.98. The molecule has 2 rings (SSSR count). The van der Waals surface area contributed by atoms with Gasteiger partial charge in [0.1, 0.15) is 18.9 Å². The zero-order chi connectivity index (χ0) is 9.80. The lowest BCUT2D eigenvalue weighted by Crippen LogP contribution is -2.34. The molecule has 1 aromatic carbocycles. The number of H-pyrrole nitrogens is 1. The van der Waals surface area contributed by atoms with E-state index in [2.05, 4.69) is 40.4 Å². The number of rotatable bonds is 3. The predicted molar refractivity (Wildman–Crippen MR) is 56.6 cm³/mol. The van der Waals surface area contributed by atoms with Gasteiger partial charge >= 0.3 is 0 Å². The molecule has 14 heavy (non-hydrogen) atoms. The average Bonchev–Trinajstić information content (AvgIpc) is 2.67. The SMILES string of the molecule is C=Cc1[nH]cc[n+]1Cc1ccccc1. The molecule has 2 heteroatoms. The molecular weight excluding hydrogens is 172 g/mol. The van der Waals surface area contributed by atoms with E-state index in [4.69, 9.17) is 0 Å². The Bertz CT molecular complexity index is 415. The highest BCUT2D eigenvalue weighted by Crippen LogP contribution is 1.98. The highest BCUT2D eigenvalue weighted by molar-refractivity contribution is 5.31. The summed E-state index contributed by atoms with van der Waals surface area (Å²) < 4.78 is 2.13. The van der Waals surface area contributed by atoms with E-state index in [0.29, 0.717) is 0 Å². The van der Waals surface area contributed by atoms with Crippen molar-refractivity contribution in [3.63, 3.8) is 0 Å². The molecule has 0 fully saturated rings. The van der Waals surface area contributed by atoms with Crippen molar-refractivity contribution in [2.24, 2.45) is 0 Å². The molecule has 1 N–H and O–H groups in total. The maximum atomic E-state index is 3.75. The molecule has 0 saturated carbocycles. The largest absolute Gasteiger partial charge is 0.278 e. The van der Waals surface area contributed by atoms with E-state index in [1.807, 2.05) is 24.5 Å². The Morgan fingerprint density at radius 1 is 1.29 bits per heavy atom. The summed E-state index contributed by atoms with van der Waals surface area (Å²) in [5.74, 6) is 1.04. The summed E-state index contributed by atoms with van der Waals surface area (Å²) in [5, 5.41) is 0. The number of imidazole rings is 1. The standard InChI is InChI=1S/C12H12N2/c1-2-12-13-8-9-14(12)10-11-6-4-3-5-7-11/h2-9H,1,10H2/p+1. The third-order valence-electron chi connectivity index (χ3n) is 2.18. The minimum atomic E-state index is 0.881. The monoisotopic (exact) mass is 185 g/mol. The summed E-state index contributed by atoms with van der Waals surface area (Å²) in [6.45, 7) is 4.63. The Morgan fingerprint density at radius 3 is 2.79 bits per heavy atom. The van der Waals surface area contributed by atoms with E-state index in [1.54, 1.807) is 0 Å². The van der Waals surface area contributed by atoms with Gasteiger partial charge in [-0.15, -0.1) is 0 Å².